The normalized spacial score (nSPS) is 14.6. The first-order chi connectivity index (χ1) is 9.25. The van der Waals surface area contributed by atoms with E-state index in [0.717, 1.165) is 26.9 Å². The average Bonchev–Trinajstić information content (AvgIpc) is 2.75. The Morgan fingerprint density at radius 2 is 1.95 bits per heavy atom. The van der Waals surface area contributed by atoms with Crippen LogP contribution in [0.1, 0.15) is 49.2 Å². The zero-order valence-electron chi connectivity index (χ0n) is 12.6. The van der Waals surface area contributed by atoms with Gasteiger partial charge in [-0.2, -0.15) is 5.10 Å². The van der Waals surface area contributed by atoms with E-state index in [1.54, 1.807) is 6.20 Å². The molecule has 108 valence electrons. The second-order valence-corrected chi connectivity index (χ2v) is 6.62. The Labute approximate surface area is 128 Å². The fourth-order valence-electron chi connectivity index (χ4n) is 2.58. The van der Waals surface area contributed by atoms with Crippen LogP contribution in [-0.2, 0) is 5.60 Å². The number of nitrogens with zero attached hydrogens (tertiary/aromatic N) is 2. The maximum absolute atomic E-state index is 11.2. The van der Waals surface area contributed by atoms with E-state index in [1.165, 1.54) is 0 Å². The van der Waals surface area contributed by atoms with E-state index >= 15 is 0 Å². The Bertz CT molecular complexity index is 629. The Balaban J connectivity index is 2.66. The Morgan fingerprint density at radius 1 is 1.30 bits per heavy atom. The zero-order valence-corrected chi connectivity index (χ0v) is 14.2. The van der Waals surface area contributed by atoms with Gasteiger partial charge in [-0.3, -0.25) is 4.68 Å². The molecular weight excluding hydrogens is 316 g/mol. The number of benzene rings is 1. The van der Waals surface area contributed by atoms with Gasteiger partial charge in [0, 0.05) is 6.04 Å². The molecule has 0 saturated heterocycles. The second kappa shape index (κ2) is 5.34. The lowest BCUT2D eigenvalue weighted by molar-refractivity contribution is 0.0885. The molecule has 1 aromatic carbocycles. The molecular formula is C16H21BrN2O. The molecule has 0 amide bonds. The summed E-state index contributed by atoms with van der Waals surface area (Å²) in [6.45, 7) is 10.0. The topological polar surface area (TPSA) is 38.1 Å². The highest BCUT2D eigenvalue weighted by Gasteiger charge is 2.34. The molecule has 3 nitrogen and oxygen atoms in total. The molecule has 0 aliphatic heterocycles. The lowest BCUT2D eigenvalue weighted by atomic mass is 9.87. The molecule has 1 heterocycles. The van der Waals surface area contributed by atoms with Crippen LogP contribution in [0.2, 0.25) is 0 Å². The van der Waals surface area contributed by atoms with Gasteiger partial charge in [0.05, 0.1) is 16.4 Å². The maximum atomic E-state index is 11.2. The number of aromatic nitrogens is 2. The third-order valence-electron chi connectivity index (χ3n) is 3.62. The first-order valence-electron chi connectivity index (χ1n) is 6.78. The summed E-state index contributed by atoms with van der Waals surface area (Å²) in [5.74, 6) is 0. The van der Waals surface area contributed by atoms with Gasteiger partial charge in [-0.05, 0) is 61.7 Å². The summed E-state index contributed by atoms with van der Waals surface area (Å²) in [6, 6.07) is 6.33. The minimum absolute atomic E-state index is 0.188. The predicted octanol–water partition coefficient (Wildman–Crippen LogP) is 4.10. The molecule has 1 N–H and O–H groups in total. The largest absolute Gasteiger partial charge is 0.379 e. The summed E-state index contributed by atoms with van der Waals surface area (Å²) in [4.78, 5) is 0. The molecule has 0 aliphatic carbocycles. The third kappa shape index (κ3) is 2.54. The van der Waals surface area contributed by atoms with Gasteiger partial charge in [0.25, 0.3) is 0 Å². The van der Waals surface area contributed by atoms with Crippen LogP contribution in [0.5, 0.6) is 0 Å². The number of aliphatic hydroxyl groups is 1. The molecule has 0 saturated carbocycles. The van der Waals surface area contributed by atoms with E-state index in [4.69, 9.17) is 0 Å². The molecule has 0 fully saturated rings. The molecule has 20 heavy (non-hydrogen) atoms. The number of hydrogen-bond donors (Lipinski definition) is 1. The van der Waals surface area contributed by atoms with Gasteiger partial charge < -0.3 is 5.11 Å². The first-order valence-corrected chi connectivity index (χ1v) is 7.58. The Kier molecular flexibility index (Phi) is 4.07. The highest BCUT2D eigenvalue weighted by molar-refractivity contribution is 9.10. The molecule has 1 aromatic heterocycles. The lowest BCUT2D eigenvalue weighted by Crippen LogP contribution is -2.29. The van der Waals surface area contributed by atoms with Crippen molar-refractivity contribution in [3.05, 3.63) is 51.3 Å². The standard InChI is InChI=1S/C16H21BrN2O/c1-10(2)19-15(14(17)9-18-19)16(5,20)13-8-11(3)6-7-12(13)4/h6-10,20H,1-5H3. The monoisotopic (exact) mass is 336 g/mol. The molecule has 4 heteroatoms. The van der Waals surface area contributed by atoms with Crippen LogP contribution >= 0.6 is 15.9 Å². The molecule has 1 atom stereocenters. The van der Waals surface area contributed by atoms with Crippen molar-refractivity contribution in [2.45, 2.75) is 46.3 Å². The predicted molar refractivity (Wildman–Crippen MR) is 84.9 cm³/mol. The summed E-state index contributed by atoms with van der Waals surface area (Å²) in [7, 11) is 0. The van der Waals surface area contributed by atoms with Crippen molar-refractivity contribution in [1.29, 1.82) is 0 Å². The molecule has 0 spiro atoms. The van der Waals surface area contributed by atoms with Crippen LogP contribution in [-0.4, -0.2) is 14.9 Å². The lowest BCUT2D eigenvalue weighted by Gasteiger charge is -2.28. The number of rotatable bonds is 3. The quantitative estimate of drug-likeness (QED) is 0.916. The Hall–Kier alpha value is -1.13. The molecule has 0 bridgehead atoms. The minimum atomic E-state index is -1.09. The molecule has 1 unspecified atom stereocenters. The summed E-state index contributed by atoms with van der Waals surface area (Å²) in [5, 5.41) is 15.5. The summed E-state index contributed by atoms with van der Waals surface area (Å²) >= 11 is 3.52. The summed E-state index contributed by atoms with van der Waals surface area (Å²) in [5.41, 5.74) is 2.83. The van der Waals surface area contributed by atoms with Crippen LogP contribution in [0.4, 0.5) is 0 Å². The van der Waals surface area contributed by atoms with E-state index in [-0.39, 0.29) is 6.04 Å². The van der Waals surface area contributed by atoms with Gasteiger partial charge in [0.2, 0.25) is 0 Å². The highest BCUT2D eigenvalue weighted by atomic mass is 79.9. The van der Waals surface area contributed by atoms with Gasteiger partial charge in [-0.15, -0.1) is 0 Å². The maximum Gasteiger partial charge on any atom is 0.130 e. The van der Waals surface area contributed by atoms with Crippen molar-refractivity contribution < 1.29 is 5.11 Å². The molecule has 0 aliphatic rings. The number of hydrogen-bond acceptors (Lipinski definition) is 2. The average molecular weight is 337 g/mol. The van der Waals surface area contributed by atoms with Crippen LogP contribution in [0.15, 0.2) is 28.9 Å². The van der Waals surface area contributed by atoms with E-state index in [1.807, 2.05) is 37.6 Å². The smallest absolute Gasteiger partial charge is 0.130 e. The molecule has 0 radical (unpaired) electrons. The van der Waals surface area contributed by atoms with Gasteiger partial charge in [-0.1, -0.05) is 23.8 Å². The highest BCUT2D eigenvalue weighted by Crippen LogP contribution is 2.37. The van der Waals surface area contributed by atoms with Crippen molar-refractivity contribution in [2.24, 2.45) is 0 Å². The van der Waals surface area contributed by atoms with E-state index in [2.05, 4.69) is 40.9 Å². The second-order valence-electron chi connectivity index (χ2n) is 5.77. The van der Waals surface area contributed by atoms with Crippen molar-refractivity contribution in [1.82, 2.24) is 9.78 Å². The Morgan fingerprint density at radius 3 is 2.55 bits per heavy atom. The fourth-order valence-corrected chi connectivity index (χ4v) is 3.24. The van der Waals surface area contributed by atoms with Crippen LogP contribution in [0.3, 0.4) is 0 Å². The van der Waals surface area contributed by atoms with Crippen LogP contribution in [0.25, 0.3) is 0 Å². The van der Waals surface area contributed by atoms with Crippen molar-refractivity contribution in [3.63, 3.8) is 0 Å². The summed E-state index contributed by atoms with van der Waals surface area (Å²) in [6.07, 6.45) is 1.74. The van der Waals surface area contributed by atoms with Crippen LogP contribution in [0, 0.1) is 13.8 Å². The zero-order chi connectivity index (χ0) is 15.1. The SMILES string of the molecule is Cc1ccc(C)c(C(C)(O)c2c(Br)cnn2C(C)C)c1. The molecule has 2 rings (SSSR count). The van der Waals surface area contributed by atoms with E-state index in [9.17, 15) is 5.11 Å². The van der Waals surface area contributed by atoms with E-state index < -0.39 is 5.60 Å². The summed E-state index contributed by atoms with van der Waals surface area (Å²) < 4.78 is 2.70. The van der Waals surface area contributed by atoms with Gasteiger partial charge in [0.15, 0.2) is 0 Å². The third-order valence-corrected chi connectivity index (χ3v) is 4.20. The number of aryl methyl sites for hydroxylation is 2. The van der Waals surface area contributed by atoms with E-state index in [0.29, 0.717) is 0 Å². The van der Waals surface area contributed by atoms with Gasteiger partial charge in [-0.25, -0.2) is 0 Å². The van der Waals surface area contributed by atoms with Gasteiger partial charge in [0.1, 0.15) is 5.60 Å². The first kappa shape index (κ1) is 15.3. The fraction of sp³-hybridized carbons (Fsp3) is 0.438. The van der Waals surface area contributed by atoms with Crippen molar-refractivity contribution in [3.8, 4) is 0 Å². The number of halogens is 1. The van der Waals surface area contributed by atoms with Gasteiger partial charge >= 0.3 is 0 Å². The van der Waals surface area contributed by atoms with Crippen molar-refractivity contribution in [2.75, 3.05) is 0 Å². The van der Waals surface area contributed by atoms with Crippen molar-refractivity contribution >= 4 is 15.9 Å². The van der Waals surface area contributed by atoms with Crippen LogP contribution < -0.4 is 0 Å². The minimum Gasteiger partial charge on any atom is -0.379 e. The molecule has 2 aromatic rings.